The summed E-state index contributed by atoms with van der Waals surface area (Å²) >= 11 is 11.9. The molecule has 0 unspecified atom stereocenters. The SMILES string of the molecule is CC(C)OC(=O)[C@H](C)N[P@](=O)(OCCO[C@H](CO)n1cnc2c(Cl)nc(Cl)nc21)Oc1ccccc1. The molecule has 3 atom stereocenters. The van der Waals surface area contributed by atoms with Gasteiger partial charge >= 0.3 is 13.7 Å². The summed E-state index contributed by atoms with van der Waals surface area (Å²) in [6, 6.07) is 7.36. The Kier molecular flexibility index (Phi) is 10.0. The number of benzene rings is 1. The number of carbonyl (C=O) groups is 1. The number of esters is 1. The summed E-state index contributed by atoms with van der Waals surface area (Å²) in [5, 5.41) is 12.4. The monoisotopic (exact) mass is 561 g/mol. The van der Waals surface area contributed by atoms with E-state index in [0.717, 1.165) is 0 Å². The molecule has 3 rings (SSSR count). The van der Waals surface area contributed by atoms with Crippen LogP contribution in [-0.2, 0) is 23.4 Å². The highest BCUT2D eigenvalue weighted by Crippen LogP contribution is 2.44. The Bertz CT molecular complexity index is 1210. The number of ether oxygens (including phenoxy) is 2. The Labute approximate surface area is 217 Å². The van der Waals surface area contributed by atoms with Gasteiger partial charge in [-0.15, -0.1) is 0 Å². The predicted octanol–water partition coefficient (Wildman–Crippen LogP) is 3.77. The molecule has 0 radical (unpaired) electrons. The zero-order valence-electron chi connectivity index (χ0n) is 19.7. The standard InChI is InChI=1S/C21H26Cl2N5O7P/c1-13(2)34-20(30)14(3)27-36(31,35-15-7-5-4-6-8-15)33-10-9-32-16(11-29)28-12-24-17-18(22)25-21(23)26-19(17)28/h4-8,12-14,16,29H,9-11H2,1-3H3,(H,27,31)/t14-,16+,36-/m0/s1. The normalized spacial score (nSPS) is 15.0. The molecule has 0 aliphatic rings. The Morgan fingerprint density at radius 1 is 1.17 bits per heavy atom. The molecular formula is C21H26Cl2N5O7P. The number of fused-ring (bicyclic) bond motifs is 1. The summed E-state index contributed by atoms with van der Waals surface area (Å²) in [4.78, 5) is 24.2. The van der Waals surface area contributed by atoms with Crippen molar-refractivity contribution in [2.24, 2.45) is 0 Å². The van der Waals surface area contributed by atoms with Crippen molar-refractivity contribution in [3.8, 4) is 5.75 Å². The van der Waals surface area contributed by atoms with Crippen molar-refractivity contribution in [3.63, 3.8) is 0 Å². The highest BCUT2D eigenvalue weighted by molar-refractivity contribution is 7.52. The van der Waals surface area contributed by atoms with Gasteiger partial charge in [-0.1, -0.05) is 29.8 Å². The summed E-state index contributed by atoms with van der Waals surface area (Å²) in [5.41, 5.74) is 0.545. The van der Waals surface area contributed by atoms with E-state index in [4.69, 9.17) is 41.7 Å². The summed E-state index contributed by atoms with van der Waals surface area (Å²) in [6.45, 7) is 4.10. The van der Waals surface area contributed by atoms with Crippen LogP contribution in [-0.4, -0.2) is 62.6 Å². The number of aliphatic hydroxyl groups is 1. The first kappa shape index (κ1) is 28.3. The second kappa shape index (κ2) is 12.8. The van der Waals surface area contributed by atoms with Crippen LogP contribution in [0.4, 0.5) is 0 Å². The molecule has 15 heteroatoms. The van der Waals surface area contributed by atoms with Crippen molar-refractivity contribution in [3.05, 3.63) is 47.1 Å². The van der Waals surface area contributed by atoms with E-state index in [1.807, 2.05) is 0 Å². The minimum absolute atomic E-state index is 0.0546. The number of halogens is 2. The molecule has 3 aromatic rings. The van der Waals surface area contributed by atoms with Crippen molar-refractivity contribution >= 4 is 48.1 Å². The molecule has 1 aromatic carbocycles. The smallest absolute Gasteiger partial charge is 0.459 e. The van der Waals surface area contributed by atoms with Crippen molar-refractivity contribution in [2.75, 3.05) is 19.8 Å². The average Bonchev–Trinajstić information content (AvgIpc) is 3.23. The van der Waals surface area contributed by atoms with E-state index < -0.39 is 32.6 Å². The lowest BCUT2D eigenvalue weighted by molar-refractivity contribution is -0.149. The molecule has 36 heavy (non-hydrogen) atoms. The topological polar surface area (TPSA) is 147 Å². The lowest BCUT2D eigenvalue weighted by atomic mass is 10.3. The van der Waals surface area contributed by atoms with Crippen LogP contribution < -0.4 is 9.61 Å². The summed E-state index contributed by atoms with van der Waals surface area (Å²) in [5.74, 6) is -0.349. The maximum Gasteiger partial charge on any atom is 0.459 e. The fourth-order valence-electron chi connectivity index (χ4n) is 2.96. The number of hydrogen-bond donors (Lipinski definition) is 2. The van der Waals surface area contributed by atoms with Gasteiger partial charge in [0, 0.05) is 0 Å². The number of para-hydroxylation sites is 1. The van der Waals surface area contributed by atoms with Gasteiger partial charge in [0.1, 0.15) is 17.3 Å². The number of hydrogen-bond acceptors (Lipinski definition) is 10. The number of rotatable bonds is 13. The molecule has 2 N–H and O–H groups in total. The third-order valence-electron chi connectivity index (χ3n) is 4.50. The van der Waals surface area contributed by atoms with Crippen molar-refractivity contribution in [1.82, 2.24) is 24.6 Å². The molecule has 0 bridgehead atoms. The Hall–Kier alpha value is -2.31. The predicted molar refractivity (Wildman–Crippen MR) is 132 cm³/mol. The third kappa shape index (κ3) is 7.59. The van der Waals surface area contributed by atoms with Crippen LogP contribution in [0.2, 0.25) is 10.4 Å². The van der Waals surface area contributed by atoms with Gasteiger partial charge in [-0.05, 0) is 44.5 Å². The molecule has 2 heterocycles. The van der Waals surface area contributed by atoms with Crippen LogP contribution in [0.1, 0.15) is 27.0 Å². The van der Waals surface area contributed by atoms with Gasteiger partial charge in [0.2, 0.25) is 5.28 Å². The van der Waals surface area contributed by atoms with Gasteiger partial charge in [-0.3, -0.25) is 13.9 Å². The van der Waals surface area contributed by atoms with E-state index in [-0.39, 0.29) is 46.7 Å². The van der Waals surface area contributed by atoms with Crippen molar-refractivity contribution in [2.45, 2.75) is 39.1 Å². The zero-order valence-corrected chi connectivity index (χ0v) is 22.1. The second-order valence-corrected chi connectivity index (χ2v) is 10.1. The molecule has 0 saturated heterocycles. The van der Waals surface area contributed by atoms with E-state index in [0.29, 0.717) is 0 Å². The maximum atomic E-state index is 13.4. The summed E-state index contributed by atoms with van der Waals surface area (Å²) < 4.78 is 36.8. The lowest BCUT2D eigenvalue weighted by Crippen LogP contribution is -2.36. The zero-order chi connectivity index (χ0) is 26.3. The van der Waals surface area contributed by atoms with Crippen LogP contribution in [0, 0.1) is 0 Å². The first-order chi connectivity index (χ1) is 17.1. The minimum atomic E-state index is -4.04. The van der Waals surface area contributed by atoms with E-state index in [2.05, 4.69) is 20.0 Å². The van der Waals surface area contributed by atoms with Gasteiger partial charge in [0.15, 0.2) is 17.0 Å². The van der Waals surface area contributed by atoms with Gasteiger partial charge in [0.25, 0.3) is 0 Å². The molecular weight excluding hydrogens is 536 g/mol. The fraction of sp³-hybridized carbons (Fsp3) is 0.429. The van der Waals surface area contributed by atoms with Crippen molar-refractivity contribution < 1.29 is 33.0 Å². The number of aromatic nitrogens is 4. The van der Waals surface area contributed by atoms with Gasteiger partial charge in [-0.25, -0.2) is 14.5 Å². The van der Waals surface area contributed by atoms with E-state index in [1.54, 1.807) is 44.2 Å². The molecule has 0 aliphatic carbocycles. The molecule has 0 amide bonds. The number of imidazole rings is 1. The van der Waals surface area contributed by atoms with Crippen LogP contribution in [0.5, 0.6) is 5.75 Å². The lowest BCUT2D eigenvalue weighted by Gasteiger charge is -2.24. The largest absolute Gasteiger partial charge is 0.462 e. The Morgan fingerprint density at radius 3 is 2.56 bits per heavy atom. The maximum absolute atomic E-state index is 13.4. The van der Waals surface area contributed by atoms with Crippen molar-refractivity contribution in [1.29, 1.82) is 0 Å². The third-order valence-corrected chi connectivity index (χ3v) is 6.61. The molecule has 196 valence electrons. The average molecular weight is 562 g/mol. The first-order valence-electron chi connectivity index (χ1n) is 10.9. The van der Waals surface area contributed by atoms with E-state index in [9.17, 15) is 14.5 Å². The van der Waals surface area contributed by atoms with E-state index >= 15 is 0 Å². The number of carbonyl (C=O) groups excluding carboxylic acids is 1. The Balaban J connectivity index is 1.67. The quantitative estimate of drug-likeness (QED) is 0.103. The summed E-state index contributed by atoms with van der Waals surface area (Å²) in [7, 11) is -4.04. The highest BCUT2D eigenvalue weighted by Gasteiger charge is 2.32. The van der Waals surface area contributed by atoms with Crippen LogP contribution in [0.3, 0.4) is 0 Å². The fourth-order valence-corrected chi connectivity index (χ4v) is 4.86. The van der Waals surface area contributed by atoms with Crippen LogP contribution in [0.25, 0.3) is 11.2 Å². The molecule has 0 saturated carbocycles. The second-order valence-electron chi connectivity index (χ2n) is 7.69. The highest BCUT2D eigenvalue weighted by atomic mass is 35.5. The molecule has 2 aromatic heterocycles. The van der Waals surface area contributed by atoms with Crippen LogP contribution >= 0.6 is 30.9 Å². The molecule has 0 fully saturated rings. The van der Waals surface area contributed by atoms with E-state index in [1.165, 1.54) is 17.8 Å². The Morgan fingerprint density at radius 2 is 1.89 bits per heavy atom. The number of nitrogens with one attached hydrogen (secondary N) is 1. The van der Waals surface area contributed by atoms with Gasteiger partial charge in [-0.2, -0.15) is 10.1 Å². The number of aliphatic hydroxyl groups excluding tert-OH is 1. The van der Waals surface area contributed by atoms with Gasteiger partial charge in [0.05, 0.1) is 32.3 Å². The first-order valence-corrected chi connectivity index (χ1v) is 13.2. The van der Waals surface area contributed by atoms with Crippen LogP contribution in [0.15, 0.2) is 36.7 Å². The number of nitrogens with zero attached hydrogens (tertiary/aromatic N) is 4. The summed E-state index contributed by atoms with van der Waals surface area (Å²) in [6.07, 6.45) is 0.0918. The minimum Gasteiger partial charge on any atom is -0.462 e. The molecule has 0 aliphatic heterocycles. The van der Waals surface area contributed by atoms with Gasteiger partial charge < -0.3 is 19.1 Å². The molecule has 12 nitrogen and oxygen atoms in total. The molecule has 0 spiro atoms.